The summed E-state index contributed by atoms with van der Waals surface area (Å²) >= 11 is 6.35. The molecule has 0 aliphatic heterocycles. The van der Waals surface area contributed by atoms with E-state index in [1.807, 2.05) is 0 Å². The molecule has 20 heavy (non-hydrogen) atoms. The number of aliphatic imine (C=N–C) groups is 1. The minimum Gasteiger partial charge on any atom is -0.507 e. The third-order valence-electron chi connectivity index (χ3n) is 3.75. The smallest absolute Gasteiger partial charge is 0.235 e. The number of hydrogen-bond acceptors (Lipinski definition) is 5. The van der Waals surface area contributed by atoms with Crippen LogP contribution in [0.3, 0.4) is 0 Å². The molecule has 0 bridgehead atoms. The van der Waals surface area contributed by atoms with Crippen LogP contribution in [0.4, 0.5) is 0 Å². The molecule has 0 radical (unpaired) electrons. The van der Waals surface area contributed by atoms with E-state index in [1.165, 1.54) is 20.3 Å². The number of benzene rings is 1. The SMILES string of the molecule is COc1cc(O)c(C2(N=C=O)CCCC2)c(Cl)c1OC. The highest BCUT2D eigenvalue weighted by Gasteiger charge is 2.41. The molecule has 1 N–H and O–H groups in total. The topological polar surface area (TPSA) is 68.1 Å². The second-order valence-electron chi connectivity index (χ2n) is 4.76. The van der Waals surface area contributed by atoms with Gasteiger partial charge in [0.1, 0.15) is 11.3 Å². The summed E-state index contributed by atoms with van der Waals surface area (Å²) in [7, 11) is 2.93. The lowest BCUT2D eigenvalue weighted by molar-refractivity contribution is 0.345. The number of phenols is 1. The molecule has 1 aliphatic carbocycles. The van der Waals surface area contributed by atoms with Gasteiger partial charge in [0.15, 0.2) is 11.5 Å². The fraction of sp³-hybridized carbons (Fsp3) is 0.500. The van der Waals surface area contributed by atoms with Crippen LogP contribution in [0.15, 0.2) is 11.1 Å². The van der Waals surface area contributed by atoms with Crippen LogP contribution in [0, 0.1) is 0 Å². The van der Waals surface area contributed by atoms with Crippen LogP contribution in [0.5, 0.6) is 17.2 Å². The highest BCUT2D eigenvalue weighted by molar-refractivity contribution is 6.33. The highest BCUT2D eigenvalue weighted by atomic mass is 35.5. The van der Waals surface area contributed by atoms with Gasteiger partial charge in [0.2, 0.25) is 6.08 Å². The van der Waals surface area contributed by atoms with E-state index in [2.05, 4.69) is 4.99 Å². The molecular weight excluding hydrogens is 282 g/mol. The molecule has 108 valence electrons. The van der Waals surface area contributed by atoms with Crippen LogP contribution in [0.2, 0.25) is 5.02 Å². The van der Waals surface area contributed by atoms with Crippen LogP contribution in [0.25, 0.3) is 0 Å². The fourth-order valence-electron chi connectivity index (χ4n) is 2.85. The molecule has 0 aromatic heterocycles. The fourth-order valence-corrected chi connectivity index (χ4v) is 3.29. The standard InChI is InChI=1S/C14H16ClNO4/c1-19-10-7-9(18)11(12(15)13(10)20-2)14(16-8-17)5-3-4-6-14/h7,18H,3-6H2,1-2H3. The number of hydrogen-bond donors (Lipinski definition) is 1. The van der Waals surface area contributed by atoms with E-state index in [9.17, 15) is 9.90 Å². The second-order valence-corrected chi connectivity index (χ2v) is 5.14. The summed E-state index contributed by atoms with van der Waals surface area (Å²) in [6.45, 7) is 0. The van der Waals surface area contributed by atoms with Crippen molar-refractivity contribution in [2.24, 2.45) is 4.99 Å². The number of halogens is 1. The quantitative estimate of drug-likeness (QED) is 0.684. The van der Waals surface area contributed by atoms with Gasteiger partial charge in [-0.2, -0.15) is 4.99 Å². The van der Waals surface area contributed by atoms with Gasteiger partial charge in [0.25, 0.3) is 0 Å². The predicted molar refractivity (Wildman–Crippen MR) is 74.5 cm³/mol. The number of phenolic OH excluding ortho intramolecular Hbond substituents is 1. The summed E-state index contributed by atoms with van der Waals surface area (Å²) in [6.07, 6.45) is 4.71. The van der Waals surface area contributed by atoms with Crippen molar-refractivity contribution in [3.8, 4) is 17.2 Å². The Labute approximate surface area is 122 Å². The largest absolute Gasteiger partial charge is 0.507 e. The van der Waals surface area contributed by atoms with E-state index in [0.717, 1.165) is 12.8 Å². The lowest BCUT2D eigenvalue weighted by atomic mass is 9.87. The van der Waals surface area contributed by atoms with Crippen molar-refractivity contribution in [3.63, 3.8) is 0 Å². The zero-order valence-corrected chi connectivity index (χ0v) is 12.2. The van der Waals surface area contributed by atoms with E-state index in [4.69, 9.17) is 21.1 Å². The molecule has 0 heterocycles. The molecule has 1 aromatic carbocycles. The van der Waals surface area contributed by atoms with E-state index < -0.39 is 5.54 Å². The van der Waals surface area contributed by atoms with Gasteiger partial charge in [-0.25, -0.2) is 4.79 Å². The molecule has 5 nitrogen and oxygen atoms in total. The second kappa shape index (κ2) is 5.73. The van der Waals surface area contributed by atoms with Gasteiger partial charge in [0, 0.05) is 11.6 Å². The van der Waals surface area contributed by atoms with Crippen LogP contribution < -0.4 is 9.47 Å². The maximum absolute atomic E-state index is 10.8. The number of carbonyl (C=O) groups excluding carboxylic acids is 1. The first kappa shape index (κ1) is 14.7. The Morgan fingerprint density at radius 2 is 2.00 bits per heavy atom. The maximum atomic E-state index is 10.8. The molecule has 0 spiro atoms. The average molecular weight is 298 g/mol. The highest BCUT2D eigenvalue weighted by Crippen LogP contribution is 2.53. The Morgan fingerprint density at radius 1 is 1.35 bits per heavy atom. The Bertz CT molecular complexity index is 561. The molecule has 0 unspecified atom stereocenters. The molecule has 1 fully saturated rings. The van der Waals surface area contributed by atoms with Crippen molar-refractivity contribution in [1.29, 1.82) is 0 Å². The first-order valence-corrected chi connectivity index (χ1v) is 6.70. The van der Waals surface area contributed by atoms with Crippen molar-refractivity contribution >= 4 is 17.7 Å². The summed E-state index contributed by atoms with van der Waals surface area (Å²) in [5.74, 6) is 0.616. The lowest BCUT2D eigenvalue weighted by Gasteiger charge is -2.26. The van der Waals surface area contributed by atoms with Gasteiger partial charge in [-0.3, -0.25) is 0 Å². The van der Waals surface area contributed by atoms with Crippen molar-refractivity contribution < 1.29 is 19.4 Å². The number of aromatic hydroxyl groups is 1. The third-order valence-corrected chi connectivity index (χ3v) is 4.11. The summed E-state index contributed by atoms with van der Waals surface area (Å²) in [4.78, 5) is 14.7. The molecule has 1 aliphatic rings. The van der Waals surface area contributed by atoms with E-state index in [-0.39, 0.29) is 10.8 Å². The van der Waals surface area contributed by atoms with Crippen LogP contribution in [-0.4, -0.2) is 25.4 Å². The van der Waals surface area contributed by atoms with Crippen LogP contribution in [0.1, 0.15) is 31.2 Å². The zero-order valence-electron chi connectivity index (χ0n) is 11.4. The number of rotatable bonds is 4. The third kappa shape index (κ3) is 2.23. The van der Waals surface area contributed by atoms with Crippen molar-refractivity contribution in [1.82, 2.24) is 0 Å². The first-order chi connectivity index (χ1) is 9.59. The molecule has 6 heteroatoms. The molecule has 0 amide bonds. The summed E-state index contributed by atoms with van der Waals surface area (Å²) in [5.41, 5.74) is -0.402. The molecule has 0 atom stereocenters. The van der Waals surface area contributed by atoms with Crippen molar-refractivity contribution in [2.45, 2.75) is 31.2 Å². The van der Waals surface area contributed by atoms with Gasteiger partial charge in [-0.15, -0.1) is 0 Å². The summed E-state index contributed by atoms with van der Waals surface area (Å²) < 4.78 is 10.4. The van der Waals surface area contributed by atoms with Gasteiger partial charge >= 0.3 is 0 Å². The predicted octanol–water partition coefficient (Wildman–Crippen LogP) is 3.17. The molecule has 2 rings (SSSR count). The van der Waals surface area contributed by atoms with E-state index >= 15 is 0 Å². The van der Waals surface area contributed by atoms with Gasteiger partial charge in [-0.1, -0.05) is 24.4 Å². The number of isocyanates is 1. The van der Waals surface area contributed by atoms with Gasteiger partial charge in [-0.05, 0) is 12.8 Å². The molecular formula is C14H16ClNO4. The van der Waals surface area contributed by atoms with Crippen molar-refractivity contribution in [2.75, 3.05) is 14.2 Å². The number of nitrogens with zero attached hydrogens (tertiary/aromatic N) is 1. The Balaban J connectivity index is 2.70. The van der Waals surface area contributed by atoms with Gasteiger partial charge in [0.05, 0.1) is 19.2 Å². The number of ether oxygens (including phenoxy) is 2. The van der Waals surface area contributed by atoms with E-state index in [0.29, 0.717) is 29.9 Å². The first-order valence-electron chi connectivity index (χ1n) is 6.32. The molecule has 1 aromatic rings. The Kier molecular flexibility index (Phi) is 4.21. The lowest BCUT2D eigenvalue weighted by Crippen LogP contribution is -2.20. The monoisotopic (exact) mass is 297 g/mol. The minimum atomic E-state index is -0.817. The van der Waals surface area contributed by atoms with Crippen molar-refractivity contribution in [3.05, 3.63) is 16.7 Å². The van der Waals surface area contributed by atoms with Gasteiger partial charge < -0.3 is 14.6 Å². The van der Waals surface area contributed by atoms with Crippen LogP contribution in [-0.2, 0) is 10.3 Å². The number of methoxy groups -OCH3 is 2. The Hall–Kier alpha value is -1.71. The minimum absolute atomic E-state index is 0.0476. The summed E-state index contributed by atoms with van der Waals surface area (Å²) in [5, 5.41) is 10.5. The maximum Gasteiger partial charge on any atom is 0.235 e. The average Bonchev–Trinajstić information content (AvgIpc) is 2.87. The molecule has 0 saturated heterocycles. The zero-order chi connectivity index (χ0) is 14.8. The van der Waals surface area contributed by atoms with Crippen LogP contribution >= 0.6 is 11.6 Å². The van der Waals surface area contributed by atoms with E-state index in [1.54, 1.807) is 6.08 Å². The summed E-state index contributed by atoms with van der Waals surface area (Å²) in [6, 6.07) is 1.43. The molecule has 1 saturated carbocycles. The normalized spacial score (nSPS) is 16.6. The Morgan fingerprint density at radius 3 is 2.50 bits per heavy atom.